The van der Waals surface area contributed by atoms with Crippen molar-refractivity contribution in [3.05, 3.63) is 47.3 Å². The highest BCUT2D eigenvalue weighted by atomic mass is 32.2. The largest absolute Gasteiger partial charge is 0.300 e. The normalized spacial score (nSPS) is 10.6. The fourth-order valence-electron chi connectivity index (χ4n) is 1.71. The van der Waals surface area contributed by atoms with E-state index in [-0.39, 0.29) is 5.91 Å². The van der Waals surface area contributed by atoms with Crippen LogP contribution in [0.15, 0.2) is 46.7 Å². The Morgan fingerprint density at radius 2 is 2.05 bits per heavy atom. The Bertz CT molecular complexity index is 751. The quantitative estimate of drug-likeness (QED) is 0.699. The van der Waals surface area contributed by atoms with E-state index in [2.05, 4.69) is 15.5 Å². The van der Waals surface area contributed by atoms with Crippen LogP contribution in [-0.2, 0) is 4.79 Å². The van der Waals surface area contributed by atoms with Gasteiger partial charge in [0, 0.05) is 4.90 Å². The Labute approximate surface area is 140 Å². The summed E-state index contributed by atoms with van der Waals surface area (Å²) in [7, 11) is 0. The van der Waals surface area contributed by atoms with Crippen LogP contribution in [0.1, 0.15) is 5.56 Å². The van der Waals surface area contributed by atoms with Crippen LogP contribution in [0.3, 0.4) is 0 Å². The van der Waals surface area contributed by atoms with Crippen molar-refractivity contribution in [2.45, 2.75) is 11.8 Å². The van der Waals surface area contributed by atoms with Crippen molar-refractivity contribution in [2.24, 2.45) is 0 Å². The van der Waals surface area contributed by atoms with Crippen LogP contribution in [0.5, 0.6) is 0 Å². The van der Waals surface area contributed by atoms with Crippen molar-refractivity contribution in [3.8, 4) is 9.88 Å². The molecule has 1 N–H and O–H groups in total. The van der Waals surface area contributed by atoms with Crippen molar-refractivity contribution >= 4 is 45.5 Å². The zero-order valence-electron chi connectivity index (χ0n) is 11.8. The molecule has 2 aromatic heterocycles. The molecule has 0 unspecified atom stereocenters. The second kappa shape index (κ2) is 7.04. The Morgan fingerprint density at radius 3 is 2.77 bits per heavy atom. The monoisotopic (exact) mass is 347 g/mol. The number of hydrogen-bond donors (Lipinski definition) is 1. The fraction of sp³-hybridized carbons (Fsp3) is 0.133. The third-order valence-corrected chi connectivity index (χ3v) is 5.68. The average Bonchev–Trinajstić information content (AvgIpc) is 3.17. The molecule has 3 rings (SSSR count). The lowest BCUT2D eigenvalue weighted by Gasteiger charge is -2.02. The zero-order chi connectivity index (χ0) is 15.4. The van der Waals surface area contributed by atoms with Gasteiger partial charge in [0.2, 0.25) is 11.0 Å². The van der Waals surface area contributed by atoms with Crippen LogP contribution in [0, 0.1) is 6.92 Å². The summed E-state index contributed by atoms with van der Waals surface area (Å²) >= 11 is 4.51. The summed E-state index contributed by atoms with van der Waals surface area (Å²) in [5, 5.41) is 14.3. The van der Waals surface area contributed by atoms with E-state index in [1.54, 1.807) is 11.3 Å². The van der Waals surface area contributed by atoms with E-state index in [1.807, 2.05) is 48.7 Å². The minimum atomic E-state index is -0.0699. The zero-order valence-corrected chi connectivity index (χ0v) is 14.2. The minimum Gasteiger partial charge on any atom is -0.300 e. The van der Waals surface area contributed by atoms with Crippen molar-refractivity contribution in [3.63, 3.8) is 0 Å². The van der Waals surface area contributed by atoms with Gasteiger partial charge in [0.1, 0.15) is 0 Å². The molecule has 0 bridgehead atoms. The molecule has 3 aromatic rings. The molecule has 7 heteroatoms. The molecule has 1 amide bonds. The van der Waals surface area contributed by atoms with Gasteiger partial charge >= 0.3 is 0 Å². The van der Waals surface area contributed by atoms with Gasteiger partial charge in [0.15, 0.2) is 5.01 Å². The molecule has 0 spiro atoms. The van der Waals surface area contributed by atoms with Gasteiger partial charge in [0.25, 0.3) is 0 Å². The molecule has 2 heterocycles. The van der Waals surface area contributed by atoms with Gasteiger partial charge in [-0.05, 0) is 30.5 Å². The van der Waals surface area contributed by atoms with E-state index in [0.717, 1.165) is 14.8 Å². The molecular weight excluding hydrogens is 334 g/mol. The lowest BCUT2D eigenvalue weighted by molar-refractivity contribution is -0.113. The van der Waals surface area contributed by atoms with Crippen LogP contribution in [0.25, 0.3) is 9.88 Å². The van der Waals surface area contributed by atoms with Crippen molar-refractivity contribution in [1.29, 1.82) is 0 Å². The highest BCUT2D eigenvalue weighted by Crippen LogP contribution is 2.29. The van der Waals surface area contributed by atoms with Crippen LogP contribution < -0.4 is 5.32 Å². The number of amides is 1. The molecule has 22 heavy (non-hydrogen) atoms. The number of nitrogens with one attached hydrogen (secondary N) is 1. The molecule has 0 saturated carbocycles. The molecule has 4 nitrogen and oxygen atoms in total. The first kappa shape index (κ1) is 15.2. The number of anilines is 1. The van der Waals surface area contributed by atoms with Gasteiger partial charge in [-0.1, -0.05) is 35.1 Å². The van der Waals surface area contributed by atoms with Crippen LogP contribution in [-0.4, -0.2) is 21.9 Å². The average molecular weight is 347 g/mol. The summed E-state index contributed by atoms with van der Waals surface area (Å²) in [5.74, 6) is 0.288. The van der Waals surface area contributed by atoms with Crippen molar-refractivity contribution in [2.75, 3.05) is 11.1 Å². The maximum Gasteiger partial charge on any atom is 0.236 e. The smallest absolute Gasteiger partial charge is 0.236 e. The van der Waals surface area contributed by atoms with E-state index in [0.29, 0.717) is 10.9 Å². The lowest BCUT2D eigenvalue weighted by Crippen LogP contribution is -2.13. The van der Waals surface area contributed by atoms with E-state index in [1.165, 1.54) is 28.7 Å². The van der Waals surface area contributed by atoms with Gasteiger partial charge in [-0.2, -0.15) is 0 Å². The summed E-state index contributed by atoms with van der Waals surface area (Å²) < 4.78 is 0. The molecule has 0 radical (unpaired) electrons. The van der Waals surface area contributed by atoms with Gasteiger partial charge < -0.3 is 0 Å². The third kappa shape index (κ3) is 3.94. The molecule has 0 saturated heterocycles. The maximum absolute atomic E-state index is 12.0. The fourth-order valence-corrected chi connectivity index (χ4v) is 3.96. The summed E-state index contributed by atoms with van der Waals surface area (Å²) in [5.41, 5.74) is 1.21. The van der Waals surface area contributed by atoms with E-state index in [9.17, 15) is 4.79 Å². The predicted molar refractivity (Wildman–Crippen MR) is 93.8 cm³/mol. The number of thiophene rings is 1. The molecule has 0 aliphatic heterocycles. The number of rotatable bonds is 5. The standard InChI is InChI=1S/C15H13N3OS3/c1-10-4-6-11(7-5-10)21-9-13(19)16-15-18-17-14(22-15)12-3-2-8-20-12/h2-8H,9H2,1H3,(H,16,18,19). The van der Waals surface area contributed by atoms with Crippen LogP contribution in [0.4, 0.5) is 5.13 Å². The van der Waals surface area contributed by atoms with E-state index >= 15 is 0 Å². The molecule has 0 atom stereocenters. The summed E-state index contributed by atoms with van der Waals surface area (Å²) in [6.07, 6.45) is 0. The number of hydrogen-bond acceptors (Lipinski definition) is 6. The van der Waals surface area contributed by atoms with Gasteiger partial charge in [-0.3, -0.25) is 10.1 Å². The molecule has 0 aliphatic carbocycles. The van der Waals surface area contributed by atoms with Gasteiger partial charge in [0.05, 0.1) is 10.6 Å². The number of carbonyl (C=O) groups excluding carboxylic acids is 1. The van der Waals surface area contributed by atoms with Gasteiger partial charge in [-0.15, -0.1) is 33.3 Å². The molecular formula is C15H13N3OS3. The second-order valence-electron chi connectivity index (χ2n) is 4.54. The van der Waals surface area contributed by atoms with E-state index in [4.69, 9.17) is 0 Å². The van der Waals surface area contributed by atoms with Crippen LogP contribution >= 0.6 is 34.4 Å². The highest BCUT2D eigenvalue weighted by molar-refractivity contribution is 8.00. The SMILES string of the molecule is Cc1ccc(SCC(=O)Nc2nnc(-c3cccs3)s2)cc1. The van der Waals surface area contributed by atoms with Crippen molar-refractivity contribution < 1.29 is 4.79 Å². The number of aryl methyl sites for hydroxylation is 1. The number of aromatic nitrogens is 2. The summed E-state index contributed by atoms with van der Waals surface area (Å²) in [6.45, 7) is 2.04. The number of benzene rings is 1. The highest BCUT2D eigenvalue weighted by Gasteiger charge is 2.10. The first-order valence-corrected chi connectivity index (χ1v) is 9.25. The number of nitrogens with zero attached hydrogens (tertiary/aromatic N) is 2. The Hall–Kier alpha value is -1.70. The number of carbonyl (C=O) groups is 1. The van der Waals surface area contributed by atoms with Crippen LogP contribution in [0.2, 0.25) is 0 Å². The van der Waals surface area contributed by atoms with Crippen molar-refractivity contribution in [1.82, 2.24) is 10.2 Å². The first-order chi connectivity index (χ1) is 10.7. The Kier molecular flexibility index (Phi) is 4.87. The third-order valence-electron chi connectivity index (χ3n) is 2.79. The molecule has 1 aromatic carbocycles. The molecule has 0 aliphatic rings. The lowest BCUT2D eigenvalue weighted by atomic mass is 10.2. The molecule has 0 fully saturated rings. The second-order valence-corrected chi connectivity index (χ2v) is 7.51. The first-order valence-electron chi connectivity index (χ1n) is 6.57. The molecule has 112 valence electrons. The Morgan fingerprint density at radius 1 is 1.23 bits per heavy atom. The topological polar surface area (TPSA) is 54.9 Å². The Balaban J connectivity index is 1.54. The maximum atomic E-state index is 12.0. The van der Waals surface area contributed by atoms with E-state index < -0.39 is 0 Å². The summed E-state index contributed by atoms with van der Waals surface area (Å²) in [6, 6.07) is 12.1. The number of thioether (sulfide) groups is 1. The predicted octanol–water partition coefficient (Wildman–Crippen LogP) is 4.31. The van der Waals surface area contributed by atoms with Gasteiger partial charge in [-0.25, -0.2) is 0 Å². The minimum absolute atomic E-state index is 0.0699. The summed E-state index contributed by atoms with van der Waals surface area (Å²) in [4.78, 5) is 14.1.